The molecule has 1 heterocycles. The summed E-state index contributed by atoms with van der Waals surface area (Å²) < 4.78 is 31.1. The Morgan fingerprint density at radius 3 is 2.45 bits per heavy atom. The van der Waals surface area contributed by atoms with Crippen molar-refractivity contribution in [2.75, 3.05) is 32.0 Å². The molecular formula is C13H24N2O4S. The largest absolute Gasteiger partial charge is 0.465 e. The van der Waals surface area contributed by atoms with Crippen LogP contribution in [0.25, 0.3) is 0 Å². The van der Waals surface area contributed by atoms with E-state index in [4.69, 9.17) is 4.74 Å². The smallest absolute Gasteiger partial charge is 0.322 e. The zero-order valence-electron chi connectivity index (χ0n) is 12.0. The molecule has 7 heteroatoms. The second-order valence-electron chi connectivity index (χ2n) is 5.56. The highest BCUT2D eigenvalue weighted by atomic mass is 32.2. The Kier molecular flexibility index (Phi) is 5.40. The van der Waals surface area contributed by atoms with E-state index >= 15 is 0 Å². The van der Waals surface area contributed by atoms with Crippen molar-refractivity contribution in [3.63, 3.8) is 0 Å². The summed E-state index contributed by atoms with van der Waals surface area (Å²) in [6, 6.07) is 0.101. The summed E-state index contributed by atoms with van der Waals surface area (Å²) in [5.74, 6) is -0.778. The first kappa shape index (κ1) is 15.7. The van der Waals surface area contributed by atoms with Gasteiger partial charge in [-0.25, -0.2) is 8.42 Å². The van der Waals surface area contributed by atoms with Gasteiger partial charge in [0, 0.05) is 12.6 Å². The lowest BCUT2D eigenvalue weighted by molar-refractivity contribution is -0.140. The predicted molar refractivity (Wildman–Crippen MR) is 75.7 cm³/mol. The third-order valence-electron chi connectivity index (χ3n) is 3.81. The molecule has 1 aliphatic carbocycles. The summed E-state index contributed by atoms with van der Waals surface area (Å²) in [5.41, 5.74) is 0. The lowest BCUT2D eigenvalue weighted by Gasteiger charge is -2.29. The van der Waals surface area contributed by atoms with Crippen molar-refractivity contribution in [3.8, 4) is 0 Å². The maximum atomic E-state index is 12.4. The Morgan fingerprint density at radius 2 is 1.90 bits per heavy atom. The topological polar surface area (TPSA) is 75.7 Å². The average Bonchev–Trinajstić information content (AvgIpc) is 3.21. The zero-order chi connectivity index (χ0) is 14.6. The van der Waals surface area contributed by atoms with Crippen LogP contribution in [0.3, 0.4) is 0 Å². The number of piperidine rings is 1. The van der Waals surface area contributed by atoms with Crippen molar-refractivity contribution in [3.05, 3.63) is 0 Å². The maximum Gasteiger partial charge on any atom is 0.322 e. The number of rotatable bonds is 7. The van der Waals surface area contributed by atoms with Gasteiger partial charge in [-0.15, -0.1) is 0 Å². The number of nitrogens with one attached hydrogen (secondary N) is 1. The fourth-order valence-corrected chi connectivity index (χ4v) is 4.26. The van der Waals surface area contributed by atoms with Gasteiger partial charge in [0.25, 0.3) is 0 Å². The second-order valence-corrected chi connectivity index (χ2v) is 7.48. The van der Waals surface area contributed by atoms with E-state index in [1.54, 1.807) is 11.2 Å². The first-order chi connectivity index (χ1) is 9.53. The van der Waals surface area contributed by atoms with Crippen LogP contribution >= 0.6 is 0 Å². The van der Waals surface area contributed by atoms with Crippen molar-refractivity contribution < 1.29 is 17.9 Å². The highest BCUT2D eigenvalue weighted by Crippen LogP contribution is 2.31. The van der Waals surface area contributed by atoms with Crippen LogP contribution in [0.4, 0.5) is 0 Å². The van der Waals surface area contributed by atoms with E-state index in [1.807, 2.05) is 0 Å². The number of hydrogen-bond acceptors (Lipinski definition) is 5. The highest BCUT2D eigenvalue weighted by Gasteiger charge is 2.39. The molecule has 0 aromatic heterocycles. The molecule has 2 aliphatic rings. The van der Waals surface area contributed by atoms with E-state index in [-0.39, 0.29) is 12.6 Å². The van der Waals surface area contributed by atoms with Gasteiger partial charge >= 0.3 is 5.97 Å². The van der Waals surface area contributed by atoms with Gasteiger partial charge in [-0.2, -0.15) is 4.31 Å². The molecule has 116 valence electrons. The summed E-state index contributed by atoms with van der Waals surface area (Å²) >= 11 is 0. The normalized spacial score (nSPS) is 21.1. The number of ether oxygens (including phenoxy) is 1. The number of sulfonamides is 1. The first-order valence-corrected chi connectivity index (χ1v) is 8.99. The number of hydrogen-bond donors (Lipinski definition) is 1. The summed E-state index contributed by atoms with van der Waals surface area (Å²) in [5, 5.41) is 3.28. The Bertz CT molecular complexity index is 428. The number of nitrogens with zero attached hydrogens (tertiary/aromatic N) is 1. The lowest BCUT2D eigenvalue weighted by atomic mass is 9.98. The van der Waals surface area contributed by atoms with Crippen LogP contribution in [0.1, 0.15) is 32.6 Å². The van der Waals surface area contributed by atoms with Crippen molar-refractivity contribution in [2.24, 2.45) is 5.92 Å². The molecule has 6 nitrogen and oxygen atoms in total. The number of carbonyl (C=O) groups excluding carboxylic acids is 1. The van der Waals surface area contributed by atoms with Gasteiger partial charge in [0.15, 0.2) is 5.75 Å². The molecule has 1 N–H and O–H groups in total. The summed E-state index contributed by atoms with van der Waals surface area (Å²) in [6.07, 6.45) is 3.82. The van der Waals surface area contributed by atoms with Crippen molar-refractivity contribution in [1.29, 1.82) is 0 Å². The van der Waals surface area contributed by atoms with E-state index in [9.17, 15) is 13.2 Å². The molecule has 0 radical (unpaired) electrons. The SMILES string of the molecule is CCOC(=O)CS(=O)(=O)N(CC1CCNCC1)C1CC1. The number of carbonyl (C=O) groups is 1. The van der Waals surface area contributed by atoms with E-state index in [0.717, 1.165) is 38.8 Å². The first-order valence-electron chi connectivity index (χ1n) is 7.38. The van der Waals surface area contributed by atoms with Crippen LogP contribution in [-0.4, -0.2) is 56.7 Å². The van der Waals surface area contributed by atoms with Crippen LogP contribution in [0.5, 0.6) is 0 Å². The maximum absolute atomic E-state index is 12.4. The molecule has 1 saturated heterocycles. The van der Waals surface area contributed by atoms with E-state index < -0.39 is 21.7 Å². The van der Waals surface area contributed by atoms with E-state index in [1.165, 1.54) is 0 Å². The van der Waals surface area contributed by atoms with Crippen molar-refractivity contribution in [1.82, 2.24) is 9.62 Å². The van der Waals surface area contributed by atoms with Crippen LogP contribution < -0.4 is 5.32 Å². The Hall–Kier alpha value is -0.660. The quantitative estimate of drug-likeness (QED) is 0.687. The van der Waals surface area contributed by atoms with Gasteiger partial charge < -0.3 is 10.1 Å². The van der Waals surface area contributed by atoms with Crippen molar-refractivity contribution in [2.45, 2.75) is 38.6 Å². The minimum atomic E-state index is -3.54. The second kappa shape index (κ2) is 6.87. The molecule has 0 atom stereocenters. The average molecular weight is 304 g/mol. The van der Waals surface area contributed by atoms with Gasteiger partial charge in [0.1, 0.15) is 0 Å². The highest BCUT2D eigenvalue weighted by molar-refractivity contribution is 7.89. The summed E-state index contributed by atoms with van der Waals surface area (Å²) in [6.45, 7) is 4.33. The molecule has 0 aromatic carbocycles. The molecule has 0 spiro atoms. The Morgan fingerprint density at radius 1 is 1.25 bits per heavy atom. The fourth-order valence-electron chi connectivity index (χ4n) is 2.61. The van der Waals surface area contributed by atoms with Gasteiger partial charge in [-0.3, -0.25) is 4.79 Å². The molecule has 0 bridgehead atoms. The zero-order valence-corrected chi connectivity index (χ0v) is 12.8. The van der Waals surface area contributed by atoms with Crippen LogP contribution in [0.15, 0.2) is 0 Å². The van der Waals surface area contributed by atoms with Crippen LogP contribution in [0.2, 0.25) is 0 Å². The predicted octanol–water partition coefficient (Wildman–Crippen LogP) is 0.343. The third-order valence-corrected chi connectivity index (χ3v) is 5.58. The standard InChI is InChI=1S/C13H24N2O4S/c1-2-19-13(16)10-20(17,18)15(12-3-4-12)9-11-5-7-14-8-6-11/h11-12,14H,2-10H2,1H3. The molecule has 20 heavy (non-hydrogen) atoms. The van der Waals surface area contributed by atoms with Gasteiger partial charge in [0.05, 0.1) is 6.61 Å². The van der Waals surface area contributed by atoms with E-state index in [2.05, 4.69) is 5.32 Å². The van der Waals surface area contributed by atoms with Crippen LogP contribution in [0, 0.1) is 5.92 Å². The molecule has 2 fully saturated rings. The van der Waals surface area contributed by atoms with E-state index in [0.29, 0.717) is 12.5 Å². The minimum absolute atomic E-state index is 0.101. The van der Waals surface area contributed by atoms with Gasteiger partial charge in [0.2, 0.25) is 10.0 Å². The summed E-state index contributed by atoms with van der Waals surface area (Å²) in [7, 11) is -3.54. The Labute approximate surface area is 120 Å². The summed E-state index contributed by atoms with van der Waals surface area (Å²) in [4.78, 5) is 11.5. The molecule has 0 unspecified atom stereocenters. The fraction of sp³-hybridized carbons (Fsp3) is 0.923. The lowest BCUT2D eigenvalue weighted by Crippen LogP contribution is -2.42. The third kappa shape index (κ3) is 4.43. The molecule has 0 amide bonds. The van der Waals surface area contributed by atoms with Gasteiger partial charge in [-0.05, 0) is 51.6 Å². The molecule has 1 saturated carbocycles. The minimum Gasteiger partial charge on any atom is -0.465 e. The van der Waals surface area contributed by atoms with Crippen LogP contribution in [-0.2, 0) is 19.6 Å². The van der Waals surface area contributed by atoms with Gasteiger partial charge in [-0.1, -0.05) is 0 Å². The Balaban J connectivity index is 1.97. The number of esters is 1. The molecular weight excluding hydrogens is 280 g/mol. The molecule has 1 aliphatic heterocycles. The van der Waals surface area contributed by atoms with Crippen molar-refractivity contribution >= 4 is 16.0 Å². The molecule has 2 rings (SSSR count). The monoisotopic (exact) mass is 304 g/mol. The molecule has 0 aromatic rings.